The van der Waals surface area contributed by atoms with Crippen LogP contribution in [-0.2, 0) is 6.42 Å². The average molecular weight is 201 g/mol. The van der Waals surface area contributed by atoms with Crippen LogP contribution in [0.3, 0.4) is 0 Å². The van der Waals surface area contributed by atoms with Gasteiger partial charge in [-0.1, -0.05) is 0 Å². The Bertz CT molecular complexity index is 542. The zero-order valence-electron chi connectivity index (χ0n) is 8.49. The van der Waals surface area contributed by atoms with Crippen molar-refractivity contribution in [3.05, 3.63) is 29.5 Å². The number of furan rings is 1. The highest BCUT2D eigenvalue weighted by Gasteiger charge is 2.21. The lowest BCUT2D eigenvalue weighted by molar-refractivity contribution is 0.112. The first-order valence-corrected chi connectivity index (χ1v) is 5.00. The number of hydrogen-bond donors (Lipinski definition) is 0. The van der Waals surface area contributed by atoms with Gasteiger partial charge in [0.1, 0.15) is 11.8 Å². The molecule has 0 bridgehead atoms. The first-order valence-electron chi connectivity index (χ1n) is 5.00. The van der Waals surface area contributed by atoms with Gasteiger partial charge >= 0.3 is 0 Å². The molecule has 1 aliphatic heterocycles. The van der Waals surface area contributed by atoms with Crippen molar-refractivity contribution in [3.8, 4) is 0 Å². The quantitative estimate of drug-likeness (QED) is 0.663. The summed E-state index contributed by atoms with van der Waals surface area (Å²) >= 11 is 0. The highest BCUT2D eigenvalue weighted by atomic mass is 16.3. The Morgan fingerprint density at radius 2 is 2.33 bits per heavy atom. The summed E-state index contributed by atoms with van der Waals surface area (Å²) in [5.41, 5.74) is 3.93. The summed E-state index contributed by atoms with van der Waals surface area (Å²) in [6, 6.07) is 3.99. The molecule has 0 spiro atoms. The predicted octanol–water partition coefficient (Wildman–Crippen LogP) is 2.24. The van der Waals surface area contributed by atoms with Crippen molar-refractivity contribution in [1.82, 2.24) is 0 Å². The summed E-state index contributed by atoms with van der Waals surface area (Å²) in [5.74, 6) is 0. The van der Waals surface area contributed by atoms with Crippen LogP contribution >= 0.6 is 0 Å². The number of hydrogen-bond acceptors (Lipinski definition) is 3. The SMILES string of the molecule is CN1CCc2c1ccc1occ(C=O)c21. The average Bonchev–Trinajstić information content (AvgIpc) is 2.81. The maximum Gasteiger partial charge on any atom is 0.153 e. The molecule has 1 aromatic heterocycles. The Balaban J connectivity index is 2.40. The third-order valence-electron chi connectivity index (χ3n) is 3.09. The number of rotatable bonds is 1. The van der Waals surface area contributed by atoms with Crippen LogP contribution in [0.5, 0.6) is 0 Å². The molecule has 0 unspecified atom stereocenters. The number of fused-ring (bicyclic) bond motifs is 3. The van der Waals surface area contributed by atoms with Crippen molar-refractivity contribution in [1.29, 1.82) is 0 Å². The van der Waals surface area contributed by atoms with Gasteiger partial charge in [-0.25, -0.2) is 0 Å². The molecule has 1 aliphatic rings. The van der Waals surface area contributed by atoms with E-state index in [0.29, 0.717) is 5.56 Å². The Morgan fingerprint density at radius 1 is 1.47 bits per heavy atom. The molecule has 0 radical (unpaired) electrons. The van der Waals surface area contributed by atoms with E-state index in [0.717, 1.165) is 30.2 Å². The van der Waals surface area contributed by atoms with Crippen LogP contribution in [0.25, 0.3) is 11.0 Å². The summed E-state index contributed by atoms with van der Waals surface area (Å²) in [5, 5.41) is 0.992. The maximum atomic E-state index is 10.9. The molecule has 0 amide bonds. The van der Waals surface area contributed by atoms with Crippen molar-refractivity contribution < 1.29 is 9.21 Å². The molecular formula is C12H11NO2. The second-order valence-corrected chi connectivity index (χ2v) is 3.92. The molecule has 3 heteroatoms. The van der Waals surface area contributed by atoms with Crippen LogP contribution in [0.4, 0.5) is 5.69 Å². The van der Waals surface area contributed by atoms with Crippen LogP contribution in [0.1, 0.15) is 15.9 Å². The fourth-order valence-corrected chi connectivity index (χ4v) is 2.31. The van der Waals surface area contributed by atoms with E-state index in [-0.39, 0.29) is 0 Å². The molecule has 0 saturated carbocycles. The molecule has 76 valence electrons. The number of anilines is 1. The molecule has 2 heterocycles. The zero-order valence-corrected chi connectivity index (χ0v) is 8.49. The van der Waals surface area contributed by atoms with Gasteiger partial charge in [0.15, 0.2) is 6.29 Å². The van der Waals surface area contributed by atoms with Gasteiger partial charge in [-0.3, -0.25) is 4.79 Å². The molecule has 2 aromatic rings. The summed E-state index contributed by atoms with van der Waals surface area (Å²) in [7, 11) is 2.07. The number of nitrogens with zero attached hydrogens (tertiary/aromatic N) is 1. The molecule has 15 heavy (non-hydrogen) atoms. The second kappa shape index (κ2) is 2.86. The van der Waals surface area contributed by atoms with Crippen LogP contribution < -0.4 is 4.90 Å². The fourth-order valence-electron chi connectivity index (χ4n) is 2.31. The monoisotopic (exact) mass is 201 g/mol. The molecule has 0 fully saturated rings. The van der Waals surface area contributed by atoms with Crippen LogP contribution in [0.2, 0.25) is 0 Å². The minimum Gasteiger partial charge on any atom is -0.464 e. The van der Waals surface area contributed by atoms with E-state index in [1.165, 1.54) is 17.5 Å². The van der Waals surface area contributed by atoms with Crippen LogP contribution in [0, 0.1) is 0 Å². The first-order chi connectivity index (χ1) is 7.31. The summed E-state index contributed by atoms with van der Waals surface area (Å²) < 4.78 is 5.35. The van der Waals surface area contributed by atoms with Gasteiger partial charge in [-0.15, -0.1) is 0 Å². The minimum atomic E-state index is 0.664. The third-order valence-corrected chi connectivity index (χ3v) is 3.09. The Morgan fingerprint density at radius 3 is 3.13 bits per heavy atom. The summed E-state index contributed by atoms with van der Waals surface area (Å²) in [6.07, 6.45) is 3.39. The highest BCUT2D eigenvalue weighted by Crippen LogP contribution is 2.35. The van der Waals surface area contributed by atoms with E-state index in [2.05, 4.69) is 18.0 Å². The van der Waals surface area contributed by atoms with Crippen molar-refractivity contribution in [2.45, 2.75) is 6.42 Å². The van der Waals surface area contributed by atoms with E-state index < -0.39 is 0 Å². The van der Waals surface area contributed by atoms with E-state index >= 15 is 0 Å². The zero-order chi connectivity index (χ0) is 10.4. The molecular weight excluding hydrogens is 190 g/mol. The van der Waals surface area contributed by atoms with Crippen molar-refractivity contribution in [2.24, 2.45) is 0 Å². The van der Waals surface area contributed by atoms with Crippen molar-refractivity contribution in [2.75, 3.05) is 18.5 Å². The lowest BCUT2D eigenvalue weighted by Gasteiger charge is -2.11. The van der Waals surface area contributed by atoms with E-state index in [4.69, 9.17) is 4.42 Å². The molecule has 0 N–H and O–H groups in total. The van der Waals surface area contributed by atoms with Gasteiger partial charge in [0.05, 0.1) is 5.56 Å². The van der Waals surface area contributed by atoms with Crippen LogP contribution in [-0.4, -0.2) is 19.9 Å². The number of benzene rings is 1. The summed E-state index contributed by atoms with van der Waals surface area (Å²) in [4.78, 5) is 13.1. The van der Waals surface area contributed by atoms with E-state index in [9.17, 15) is 4.79 Å². The molecule has 3 nitrogen and oxygen atoms in total. The van der Waals surface area contributed by atoms with E-state index in [1.807, 2.05) is 6.07 Å². The number of carbonyl (C=O) groups is 1. The standard InChI is InChI=1S/C12H11NO2/c1-13-5-4-9-10(13)2-3-11-12(9)8(6-14)7-15-11/h2-3,6-7H,4-5H2,1H3. The Labute approximate surface area is 87.3 Å². The molecule has 1 aromatic carbocycles. The normalized spacial score (nSPS) is 14.6. The smallest absolute Gasteiger partial charge is 0.153 e. The minimum absolute atomic E-state index is 0.664. The molecule has 3 rings (SSSR count). The fraction of sp³-hybridized carbons (Fsp3) is 0.250. The van der Waals surface area contributed by atoms with Gasteiger partial charge in [-0.2, -0.15) is 0 Å². The van der Waals surface area contributed by atoms with Crippen LogP contribution in [0.15, 0.2) is 22.8 Å². The lowest BCUT2D eigenvalue weighted by atomic mass is 10.0. The molecule has 0 aliphatic carbocycles. The second-order valence-electron chi connectivity index (χ2n) is 3.92. The van der Waals surface area contributed by atoms with E-state index in [1.54, 1.807) is 0 Å². The molecule has 0 saturated heterocycles. The Kier molecular flexibility index (Phi) is 1.63. The number of likely N-dealkylation sites (N-methyl/N-ethyl adjacent to an activating group) is 1. The molecule has 0 atom stereocenters. The van der Waals surface area contributed by atoms with Crippen molar-refractivity contribution in [3.63, 3.8) is 0 Å². The highest BCUT2D eigenvalue weighted by molar-refractivity contribution is 6.00. The first kappa shape index (κ1) is 8.53. The Hall–Kier alpha value is -1.77. The number of aldehydes is 1. The lowest BCUT2D eigenvalue weighted by Crippen LogP contribution is -2.12. The predicted molar refractivity (Wildman–Crippen MR) is 58.6 cm³/mol. The van der Waals surface area contributed by atoms with Gasteiger partial charge < -0.3 is 9.32 Å². The topological polar surface area (TPSA) is 33.5 Å². The van der Waals surface area contributed by atoms with Crippen molar-refractivity contribution >= 4 is 22.9 Å². The third kappa shape index (κ3) is 1.03. The van der Waals surface area contributed by atoms with Gasteiger partial charge in [-0.05, 0) is 24.1 Å². The van der Waals surface area contributed by atoms with Gasteiger partial charge in [0.2, 0.25) is 0 Å². The maximum absolute atomic E-state index is 10.9. The van der Waals surface area contributed by atoms with Gasteiger partial charge in [0.25, 0.3) is 0 Å². The number of carbonyl (C=O) groups excluding carboxylic acids is 1. The summed E-state index contributed by atoms with van der Waals surface area (Å²) in [6.45, 7) is 1.01. The largest absolute Gasteiger partial charge is 0.464 e. The van der Waals surface area contributed by atoms with Gasteiger partial charge in [0, 0.05) is 24.7 Å².